The summed E-state index contributed by atoms with van der Waals surface area (Å²) in [7, 11) is 1.84. The van der Waals surface area contributed by atoms with E-state index in [1.54, 1.807) is 0 Å². The van der Waals surface area contributed by atoms with Crippen LogP contribution >= 0.6 is 0 Å². The van der Waals surface area contributed by atoms with Crippen molar-refractivity contribution in [2.24, 2.45) is 0 Å². The van der Waals surface area contributed by atoms with Gasteiger partial charge in [-0.1, -0.05) is 0 Å². The third-order valence-corrected chi connectivity index (χ3v) is 4.34. The molecule has 24 heavy (non-hydrogen) atoms. The molecule has 2 aliphatic rings. The minimum absolute atomic E-state index is 0.0986. The molecule has 3 unspecified atom stereocenters. The highest BCUT2D eigenvalue weighted by Crippen LogP contribution is 2.27. The van der Waals surface area contributed by atoms with E-state index in [-0.39, 0.29) is 43.4 Å². The van der Waals surface area contributed by atoms with Crippen LogP contribution in [0.5, 0.6) is 0 Å². The zero-order valence-corrected chi connectivity index (χ0v) is 13.9. The monoisotopic (exact) mass is 353 g/mol. The Morgan fingerprint density at radius 2 is 1.79 bits per heavy atom. The van der Waals surface area contributed by atoms with Gasteiger partial charge in [0.1, 0.15) is 6.29 Å². The number of hydrogen-bond donors (Lipinski definition) is 5. The molecule has 1 saturated heterocycles. The number of halogens is 3. The van der Waals surface area contributed by atoms with Crippen molar-refractivity contribution in [2.75, 3.05) is 7.05 Å². The molecule has 1 aliphatic carbocycles. The molecule has 0 spiro atoms. The van der Waals surface area contributed by atoms with Crippen LogP contribution in [-0.2, 0) is 4.74 Å². The summed E-state index contributed by atoms with van der Waals surface area (Å²) >= 11 is 0. The van der Waals surface area contributed by atoms with Crippen LogP contribution in [0.25, 0.3) is 0 Å². The first kappa shape index (κ1) is 19.2. The molecule has 140 valence electrons. The molecule has 1 heterocycles. The SMILES string of the molecule is CNC1CC(C)NC(NC(=O)NC2CCC(OC(F)(F)F)CC2)N1. The number of rotatable bonds is 4. The van der Waals surface area contributed by atoms with Gasteiger partial charge in [0, 0.05) is 12.1 Å². The molecule has 3 atom stereocenters. The van der Waals surface area contributed by atoms with Crippen molar-refractivity contribution in [2.45, 2.75) is 76.0 Å². The second-order valence-electron chi connectivity index (χ2n) is 6.40. The quantitative estimate of drug-likeness (QED) is 0.519. The number of amides is 2. The molecule has 2 rings (SSSR count). The highest BCUT2D eigenvalue weighted by molar-refractivity contribution is 5.74. The lowest BCUT2D eigenvalue weighted by Crippen LogP contribution is -2.68. The molecule has 1 saturated carbocycles. The van der Waals surface area contributed by atoms with Crippen LogP contribution in [-0.4, -0.2) is 50.1 Å². The van der Waals surface area contributed by atoms with Gasteiger partial charge < -0.3 is 16.0 Å². The second-order valence-corrected chi connectivity index (χ2v) is 6.40. The summed E-state index contributed by atoms with van der Waals surface area (Å²) in [5.74, 6) is 0. The first-order chi connectivity index (χ1) is 11.2. The van der Waals surface area contributed by atoms with Gasteiger partial charge in [0.15, 0.2) is 0 Å². The number of urea groups is 1. The Kier molecular flexibility index (Phi) is 6.67. The molecule has 2 amide bonds. The fourth-order valence-corrected chi connectivity index (χ4v) is 3.18. The summed E-state index contributed by atoms with van der Waals surface area (Å²) in [6.07, 6.45) is -3.29. The maximum absolute atomic E-state index is 12.2. The Bertz CT molecular complexity index is 416. The number of alkyl halides is 3. The Labute approximate surface area is 139 Å². The molecule has 1 aliphatic heterocycles. The van der Waals surface area contributed by atoms with E-state index in [0.29, 0.717) is 12.8 Å². The zero-order valence-electron chi connectivity index (χ0n) is 13.9. The smallest absolute Gasteiger partial charge is 0.335 e. The molecular formula is C14H26F3N5O2. The Morgan fingerprint density at radius 1 is 1.12 bits per heavy atom. The second kappa shape index (κ2) is 8.32. The van der Waals surface area contributed by atoms with Gasteiger partial charge in [-0.15, -0.1) is 13.2 Å². The van der Waals surface area contributed by atoms with Crippen molar-refractivity contribution in [3.63, 3.8) is 0 Å². The summed E-state index contributed by atoms with van der Waals surface area (Å²) in [6.45, 7) is 2.03. The lowest BCUT2D eigenvalue weighted by Gasteiger charge is -2.36. The van der Waals surface area contributed by atoms with Crippen LogP contribution in [0, 0.1) is 0 Å². The van der Waals surface area contributed by atoms with Crippen LogP contribution in [0.1, 0.15) is 39.0 Å². The number of carbonyl (C=O) groups is 1. The third kappa shape index (κ3) is 6.42. The van der Waals surface area contributed by atoms with Gasteiger partial charge in [0.05, 0.1) is 12.3 Å². The average Bonchev–Trinajstić information content (AvgIpc) is 2.47. The Balaban J connectivity index is 1.70. The van der Waals surface area contributed by atoms with Crippen molar-refractivity contribution < 1.29 is 22.7 Å². The largest absolute Gasteiger partial charge is 0.522 e. The first-order valence-electron chi connectivity index (χ1n) is 8.26. The molecular weight excluding hydrogens is 327 g/mol. The van der Waals surface area contributed by atoms with Crippen molar-refractivity contribution in [1.29, 1.82) is 0 Å². The molecule has 0 aromatic heterocycles. The number of ether oxygens (including phenoxy) is 1. The molecule has 2 fully saturated rings. The summed E-state index contributed by atoms with van der Waals surface area (Å²) in [5.41, 5.74) is 0. The predicted molar refractivity (Wildman–Crippen MR) is 81.8 cm³/mol. The van der Waals surface area contributed by atoms with E-state index in [1.165, 1.54) is 0 Å². The molecule has 0 bridgehead atoms. The molecule has 0 aromatic carbocycles. The molecule has 7 nitrogen and oxygen atoms in total. The highest BCUT2D eigenvalue weighted by atomic mass is 19.4. The van der Waals surface area contributed by atoms with Crippen LogP contribution in [0.15, 0.2) is 0 Å². The standard InChI is InChI=1S/C14H26F3N5O2/c1-8-7-11(18-2)21-12(19-8)22-13(23)20-9-3-5-10(6-4-9)24-14(15,16)17/h8-12,18-19,21H,3-7H2,1-2H3,(H2,20,22,23). The zero-order chi connectivity index (χ0) is 17.7. The highest BCUT2D eigenvalue weighted by Gasteiger charge is 2.35. The average molecular weight is 353 g/mol. The van der Waals surface area contributed by atoms with E-state index in [4.69, 9.17) is 0 Å². The summed E-state index contributed by atoms with van der Waals surface area (Å²) in [6, 6.07) is -0.243. The van der Waals surface area contributed by atoms with E-state index in [1.807, 2.05) is 14.0 Å². The van der Waals surface area contributed by atoms with Gasteiger partial charge in [-0.05, 0) is 46.1 Å². The van der Waals surface area contributed by atoms with Crippen LogP contribution in [0.4, 0.5) is 18.0 Å². The fourth-order valence-electron chi connectivity index (χ4n) is 3.18. The summed E-state index contributed by atoms with van der Waals surface area (Å²) in [4.78, 5) is 12.1. The maximum atomic E-state index is 12.2. The Morgan fingerprint density at radius 3 is 2.38 bits per heavy atom. The van der Waals surface area contributed by atoms with Gasteiger partial charge in [0.2, 0.25) is 0 Å². The maximum Gasteiger partial charge on any atom is 0.522 e. The molecule has 5 N–H and O–H groups in total. The lowest BCUT2D eigenvalue weighted by molar-refractivity contribution is -0.345. The van der Waals surface area contributed by atoms with E-state index >= 15 is 0 Å². The minimum atomic E-state index is -4.60. The van der Waals surface area contributed by atoms with E-state index < -0.39 is 12.5 Å². The van der Waals surface area contributed by atoms with Crippen LogP contribution in [0.2, 0.25) is 0 Å². The lowest BCUT2D eigenvalue weighted by atomic mass is 9.93. The van der Waals surface area contributed by atoms with E-state index in [9.17, 15) is 18.0 Å². The van der Waals surface area contributed by atoms with Gasteiger partial charge in [-0.25, -0.2) is 4.79 Å². The summed E-state index contributed by atoms with van der Waals surface area (Å²) < 4.78 is 40.6. The number of nitrogens with one attached hydrogen (secondary N) is 5. The minimum Gasteiger partial charge on any atom is -0.335 e. The van der Waals surface area contributed by atoms with Crippen molar-refractivity contribution in [3.05, 3.63) is 0 Å². The van der Waals surface area contributed by atoms with Gasteiger partial charge >= 0.3 is 12.4 Å². The topological polar surface area (TPSA) is 86.5 Å². The van der Waals surface area contributed by atoms with Gasteiger partial charge in [-0.2, -0.15) is 0 Å². The molecule has 0 aromatic rings. The number of carbonyl (C=O) groups excluding carboxylic acids is 1. The van der Waals surface area contributed by atoms with E-state index in [2.05, 4.69) is 31.3 Å². The summed E-state index contributed by atoms with van der Waals surface area (Å²) in [5, 5.41) is 15.1. The fraction of sp³-hybridized carbons (Fsp3) is 0.929. The molecule has 0 radical (unpaired) electrons. The number of hydrogen-bond acceptors (Lipinski definition) is 5. The molecule has 10 heteroatoms. The third-order valence-electron chi connectivity index (χ3n) is 4.34. The van der Waals surface area contributed by atoms with E-state index in [0.717, 1.165) is 6.42 Å². The van der Waals surface area contributed by atoms with Crippen molar-refractivity contribution >= 4 is 6.03 Å². The van der Waals surface area contributed by atoms with Gasteiger partial charge in [-0.3, -0.25) is 15.4 Å². The van der Waals surface area contributed by atoms with Crippen LogP contribution in [0.3, 0.4) is 0 Å². The van der Waals surface area contributed by atoms with Crippen molar-refractivity contribution in [3.8, 4) is 0 Å². The van der Waals surface area contributed by atoms with Crippen LogP contribution < -0.4 is 26.6 Å². The Hall–Kier alpha value is -1.10. The normalized spacial score (nSPS) is 34.6. The first-order valence-corrected chi connectivity index (χ1v) is 8.26. The van der Waals surface area contributed by atoms with Crippen molar-refractivity contribution in [1.82, 2.24) is 26.6 Å². The predicted octanol–water partition coefficient (Wildman–Crippen LogP) is 0.934. The van der Waals surface area contributed by atoms with Gasteiger partial charge in [0.25, 0.3) is 0 Å².